The monoisotopic (exact) mass is 792 g/mol. The van der Waals surface area contributed by atoms with Gasteiger partial charge in [-0.1, -0.05) is 59.9 Å². The standard InChI is InChI=1S/C27H38N2O9.C15H14O4/c1-6-7-8-10-19-24(38-21(31)13-15(2)3)17(5)37-27(35)22(16(4)36-26(19)34)29-25(33)18-11-9-12-20(23(18)32)28-14-30;1-8(2)14-15(17-3)10-6-9-4-5-13(16)18-11(9)7-12(10)19-14/h9,11-12,14-17,19,22,24,32H,6-8,10,13H2,1-5H3,(H,28,30)(H,29,33);4-8H,1-3H3. The SMILES string of the molecule is CCCCCC1C(=O)OC(C)C(NC(=O)c2cccc(NC=O)c2O)C(=O)OC(C)C1OC(=O)CC(C)C.COc1c(C(C)C)oc2cc3oc(=O)ccc3cc12. The number of amides is 2. The highest BCUT2D eigenvalue weighted by Crippen LogP contribution is 2.39. The number of fused-ring (bicyclic) bond motifs is 2. The Morgan fingerprint density at radius 2 is 1.65 bits per heavy atom. The van der Waals surface area contributed by atoms with Gasteiger partial charge in [-0.15, -0.1) is 0 Å². The lowest BCUT2D eigenvalue weighted by molar-refractivity contribution is -0.175. The summed E-state index contributed by atoms with van der Waals surface area (Å²) in [6, 6.07) is 9.51. The zero-order chi connectivity index (χ0) is 42.0. The first-order valence-electron chi connectivity index (χ1n) is 19.1. The summed E-state index contributed by atoms with van der Waals surface area (Å²) < 4.78 is 33.3. The first-order valence-corrected chi connectivity index (χ1v) is 19.1. The van der Waals surface area contributed by atoms with E-state index in [1.165, 1.54) is 38.1 Å². The first-order chi connectivity index (χ1) is 27.1. The van der Waals surface area contributed by atoms with Gasteiger partial charge in [0.25, 0.3) is 5.91 Å². The molecule has 5 unspecified atom stereocenters. The van der Waals surface area contributed by atoms with E-state index in [0.717, 1.165) is 35.1 Å². The number of benzene rings is 2. The number of hydrogen-bond acceptors (Lipinski definition) is 13. The number of rotatable bonds is 13. The van der Waals surface area contributed by atoms with Gasteiger partial charge in [0.15, 0.2) is 23.6 Å². The molecule has 5 rings (SSSR count). The summed E-state index contributed by atoms with van der Waals surface area (Å²) in [4.78, 5) is 73.9. The quantitative estimate of drug-likeness (QED) is 0.0320. The Balaban J connectivity index is 0.000000313. The largest absolute Gasteiger partial charge is 0.505 e. The van der Waals surface area contributed by atoms with Gasteiger partial charge in [0, 0.05) is 29.9 Å². The van der Waals surface area contributed by atoms with E-state index in [0.29, 0.717) is 30.4 Å². The fourth-order valence-corrected chi connectivity index (χ4v) is 6.47. The number of unbranched alkanes of at least 4 members (excludes halogenated alkanes) is 2. The number of aromatic hydroxyl groups is 1. The molecule has 5 atom stereocenters. The third kappa shape index (κ3) is 10.9. The number of carbonyl (C=O) groups excluding carboxylic acids is 5. The minimum atomic E-state index is -1.42. The molecular formula is C42H52N2O13. The molecule has 2 aromatic heterocycles. The number of phenols is 1. The smallest absolute Gasteiger partial charge is 0.336 e. The molecule has 1 saturated heterocycles. The van der Waals surface area contributed by atoms with Crippen molar-refractivity contribution >= 4 is 57.9 Å². The third-order valence-corrected chi connectivity index (χ3v) is 9.37. The van der Waals surface area contributed by atoms with E-state index in [1.54, 1.807) is 19.2 Å². The van der Waals surface area contributed by atoms with Crippen molar-refractivity contribution in [3.05, 3.63) is 64.2 Å². The Kier molecular flexibility index (Phi) is 15.3. The van der Waals surface area contributed by atoms with E-state index < -0.39 is 59.8 Å². The number of furan rings is 1. The van der Waals surface area contributed by atoms with Gasteiger partial charge in [-0.3, -0.25) is 19.2 Å². The second-order valence-electron chi connectivity index (χ2n) is 14.6. The fourth-order valence-electron chi connectivity index (χ4n) is 6.47. The predicted octanol–water partition coefficient (Wildman–Crippen LogP) is 6.76. The van der Waals surface area contributed by atoms with Gasteiger partial charge in [0.2, 0.25) is 6.41 Å². The van der Waals surface area contributed by atoms with Crippen molar-refractivity contribution < 1.29 is 56.9 Å². The number of phenolic OH excluding ortho intramolecular Hbond substituents is 1. The van der Waals surface area contributed by atoms with Crippen LogP contribution in [0.15, 0.2) is 56.1 Å². The molecule has 4 aromatic rings. The Morgan fingerprint density at radius 3 is 2.30 bits per heavy atom. The lowest BCUT2D eigenvalue weighted by Gasteiger charge is -2.29. The summed E-state index contributed by atoms with van der Waals surface area (Å²) in [6.07, 6.45) is 0.0639. The molecule has 0 saturated carbocycles. The summed E-state index contributed by atoms with van der Waals surface area (Å²) in [5, 5.41) is 16.8. The molecule has 0 bridgehead atoms. The summed E-state index contributed by atoms with van der Waals surface area (Å²) in [6.45, 7) is 12.8. The molecular weight excluding hydrogens is 740 g/mol. The van der Waals surface area contributed by atoms with Crippen molar-refractivity contribution in [3.63, 3.8) is 0 Å². The Bertz CT molecular complexity index is 2120. The molecule has 3 N–H and O–H groups in total. The van der Waals surface area contributed by atoms with Crippen molar-refractivity contribution in [2.24, 2.45) is 11.8 Å². The van der Waals surface area contributed by atoms with Gasteiger partial charge in [0.05, 0.1) is 29.7 Å². The number of hydrogen-bond donors (Lipinski definition) is 3. The maximum absolute atomic E-state index is 13.3. The van der Waals surface area contributed by atoms with Crippen LogP contribution in [0.2, 0.25) is 0 Å². The Labute approximate surface area is 330 Å². The number of carbonyl (C=O) groups is 5. The highest BCUT2D eigenvalue weighted by atomic mass is 16.6. The van der Waals surface area contributed by atoms with E-state index in [1.807, 2.05) is 40.7 Å². The van der Waals surface area contributed by atoms with Gasteiger partial charge in [-0.25, -0.2) is 9.59 Å². The lowest BCUT2D eigenvalue weighted by atomic mass is 9.92. The van der Waals surface area contributed by atoms with E-state index in [-0.39, 0.29) is 35.1 Å². The molecule has 0 radical (unpaired) electrons. The van der Waals surface area contributed by atoms with Gasteiger partial charge in [-0.2, -0.15) is 0 Å². The van der Waals surface area contributed by atoms with Crippen LogP contribution in [0.5, 0.6) is 11.5 Å². The topological polar surface area (TPSA) is 210 Å². The number of methoxy groups -OCH3 is 1. The van der Waals surface area contributed by atoms with Crippen LogP contribution in [0, 0.1) is 11.8 Å². The van der Waals surface area contributed by atoms with Crippen LogP contribution in [-0.2, 0) is 33.4 Å². The molecule has 1 fully saturated rings. The highest BCUT2D eigenvalue weighted by molar-refractivity contribution is 6.01. The van der Waals surface area contributed by atoms with Gasteiger partial charge < -0.3 is 43.5 Å². The summed E-state index contributed by atoms with van der Waals surface area (Å²) in [7, 11) is 1.63. The average Bonchev–Trinajstić information content (AvgIpc) is 3.52. The van der Waals surface area contributed by atoms with Crippen molar-refractivity contribution in [3.8, 4) is 11.5 Å². The number of esters is 3. The number of nitrogens with one attached hydrogen (secondary N) is 2. The second-order valence-corrected chi connectivity index (χ2v) is 14.6. The van der Waals surface area contributed by atoms with Crippen molar-refractivity contribution in [2.75, 3.05) is 12.4 Å². The molecule has 0 aliphatic carbocycles. The number of para-hydroxylation sites is 1. The van der Waals surface area contributed by atoms with Crippen LogP contribution < -0.4 is 21.0 Å². The van der Waals surface area contributed by atoms with Crippen molar-refractivity contribution in [1.82, 2.24) is 5.32 Å². The zero-order valence-electron chi connectivity index (χ0n) is 33.5. The molecule has 3 heterocycles. The second kappa shape index (κ2) is 19.8. The fraction of sp³-hybridized carbons (Fsp3) is 0.476. The van der Waals surface area contributed by atoms with Gasteiger partial charge in [-0.05, 0) is 50.5 Å². The molecule has 15 nitrogen and oxygen atoms in total. The summed E-state index contributed by atoms with van der Waals surface area (Å²) in [5.41, 5.74) is 0.608. The number of ether oxygens (including phenoxy) is 4. The van der Waals surface area contributed by atoms with E-state index in [9.17, 15) is 33.9 Å². The van der Waals surface area contributed by atoms with Crippen LogP contribution in [0.1, 0.15) is 103 Å². The normalized spacial score (nSPS) is 19.7. The van der Waals surface area contributed by atoms with E-state index >= 15 is 0 Å². The molecule has 308 valence electrons. The average molecular weight is 793 g/mol. The Hall–Kier alpha value is -5.86. The Morgan fingerprint density at radius 1 is 0.930 bits per heavy atom. The first kappa shape index (κ1) is 43.9. The molecule has 1 aliphatic rings. The third-order valence-electron chi connectivity index (χ3n) is 9.37. The van der Waals surface area contributed by atoms with Crippen LogP contribution in [-0.4, -0.2) is 66.8 Å². The van der Waals surface area contributed by atoms with E-state index in [4.69, 9.17) is 27.8 Å². The maximum Gasteiger partial charge on any atom is 0.336 e. The minimum absolute atomic E-state index is 0.00114. The number of cyclic esters (lactones) is 2. The van der Waals surface area contributed by atoms with Crippen LogP contribution >= 0.6 is 0 Å². The summed E-state index contributed by atoms with van der Waals surface area (Å²) in [5.74, 6) is -2.51. The molecule has 1 aliphatic heterocycles. The molecule has 15 heteroatoms. The van der Waals surface area contributed by atoms with Crippen molar-refractivity contribution in [2.45, 2.75) is 111 Å². The van der Waals surface area contributed by atoms with Crippen LogP contribution in [0.4, 0.5) is 5.69 Å². The highest BCUT2D eigenvalue weighted by Gasteiger charge is 2.44. The maximum atomic E-state index is 13.3. The lowest BCUT2D eigenvalue weighted by Crippen LogP contribution is -2.50. The predicted molar refractivity (Wildman–Crippen MR) is 210 cm³/mol. The molecule has 57 heavy (non-hydrogen) atoms. The zero-order valence-corrected chi connectivity index (χ0v) is 33.5. The number of anilines is 1. The van der Waals surface area contributed by atoms with E-state index in [2.05, 4.69) is 10.6 Å². The van der Waals surface area contributed by atoms with Crippen LogP contribution in [0.25, 0.3) is 21.9 Å². The molecule has 2 amide bonds. The molecule has 2 aromatic carbocycles. The van der Waals surface area contributed by atoms with Crippen LogP contribution in [0.3, 0.4) is 0 Å². The summed E-state index contributed by atoms with van der Waals surface area (Å²) >= 11 is 0. The molecule has 0 spiro atoms. The van der Waals surface area contributed by atoms with Crippen molar-refractivity contribution in [1.29, 1.82) is 0 Å². The minimum Gasteiger partial charge on any atom is -0.505 e. The van der Waals surface area contributed by atoms with Gasteiger partial charge in [0.1, 0.15) is 29.1 Å². The van der Waals surface area contributed by atoms with Gasteiger partial charge >= 0.3 is 23.5 Å².